The van der Waals surface area contributed by atoms with Crippen LogP contribution in [0.3, 0.4) is 0 Å². The van der Waals surface area contributed by atoms with Gasteiger partial charge in [-0.05, 0) is 65.7 Å². The van der Waals surface area contributed by atoms with Crippen molar-refractivity contribution in [3.8, 4) is 5.75 Å². The first kappa shape index (κ1) is 28.0. The number of ether oxygens (including phenoxy) is 2. The average molecular weight is 493 g/mol. The predicted octanol–water partition coefficient (Wildman–Crippen LogP) is 7.49. The molecular formula is C32H44O4. The zero-order valence-corrected chi connectivity index (χ0v) is 22.5. The molecule has 0 unspecified atom stereocenters. The van der Waals surface area contributed by atoms with E-state index in [1.54, 1.807) is 0 Å². The normalized spacial score (nSPS) is 20.4. The summed E-state index contributed by atoms with van der Waals surface area (Å²) in [7, 11) is 1.40. The second kappa shape index (κ2) is 13.6. The first-order valence-electron chi connectivity index (χ1n) is 13.6. The van der Waals surface area contributed by atoms with Gasteiger partial charge in [0.1, 0.15) is 12.4 Å². The summed E-state index contributed by atoms with van der Waals surface area (Å²) in [6.45, 7) is 7.38. The van der Waals surface area contributed by atoms with Gasteiger partial charge in [0, 0.05) is 6.08 Å². The lowest BCUT2D eigenvalue weighted by Crippen LogP contribution is -2.26. The first-order chi connectivity index (χ1) is 17.3. The smallest absolute Gasteiger partial charge is 0.330 e. The Bertz CT molecular complexity index is 979. The zero-order chi connectivity index (χ0) is 26.0. The van der Waals surface area contributed by atoms with Gasteiger partial charge in [-0.15, -0.1) is 0 Å². The minimum Gasteiger partial charge on any atom is -0.489 e. The Kier molecular flexibility index (Phi) is 10.6. The van der Waals surface area contributed by atoms with Gasteiger partial charge in [-0.2, -0.15) is 0 Å². The highest BCUT2D eigenvalue weighted by atomic mass is 16.5. The number of aliphatic hydroxyl groups is 1. The van der Waals surface area contributed by atoms with E-state index in [-0.39, 0.29) is 29.3 Å². The van der Waals surface area contributed by atoms with Gasteiger partial charge >= 0.3 is 5.97 Å². The maximum Gasteiger partial charge on any atom is 0.330 e. The van der Waals surface area contributed by atoms with Crippen molar-refractivity contribution in [2.45, 2.75) is 96.2 Å². The molecule has 1 fully saturated rings. The van der Waals surface area contributed by atoms with Crippen molar-refractivity contribution in [2.75, 3.05) is 7.11 Å². The van der Waals surface area contributed by atoms with Crippen molar-refractivity contribution >= 4 is 5.97 Å². The summed E-state index contributed by atoms with van der Waals surface area (Å²) in [6, 6.07) is 16.9. The zero-order valence-electron chi connectivity index (χ0n) is 22.5. The fourth-order valence-electron chi connectivity index (χ4n) is 5.29. The van der Waals surface area contributed by atoms with Gasteiger partial charge in [0.05, 0.1) is 13.2 Å². The Labute approximate surface area is 217 Å². The number of hydrogen-bond donors (Lipinski definition) is 1. The number of carbonyl (C=O) groups excluding carboxylic acids is 1. The minimum absolute atomic E-state index is 0.0490. The third kappa shape index (κ3) is 7.96. The highest BCUT2D eigenvalue weighted by Gasteiger charge is 2.32. The summed E-state index contributed by atoms with van der Waals surface area (Å²) in [5.74, 6) is 0.746. The van der Waals surface area contributed by atoms with Crippen molar-refractivity contribution in [3.63, 3.8) is 0 Å². The molecule has 0 bridgehead atoms. The minimum atomic E-state index is -0.352. The molecule has 3 atom stereocenters. The van der Waals surface area contributed by atoms with Gasteiger partial charge in [-0.25, -0.2) is 4.79 Å². The molecule has 1 aliphatic rings. The third-order valence-corrected chi connectivity index (χ3v) is 7.64. The molecule has 0 radical (unpaired) electrons. The van der Waals surface area contributed by atoms with Crippen LogP contribution in [-0.4, -0.2) is 24.3 Å². The Morgan fingerprint density at radius 3 is 2.58 bits per heavy atom. The molecule has 0 spiro atoms. The number of hydrogen-bond acceptors (Lipinski definition) is 4. The van der Waals surface area contributed by atoms with Crippen LogP contribution in [0, 0.1) is 5.92 Å². The number of unbranched alkanes of at least 4 members (excludes halogenated alkanes) is 3. The van der Waals surface area contributed by atoms with Gasteiger partial charge in [-0.1, -0.05) is 95.0 Å². The number of allylic oxidation sites excluding steroid dienone is 1. The molecule has 2 aromatic rings. The van der Waals surface area contributed by atoms with E-state index in [0.717, 1.165) is 36.1 Å². The summed E-state index contributed by atoms with van der Waals surface area (Å²) in [6.07, 6.45) is 11.5. The van der Waals surface area contributed by atoms with Crippen LogP contribution in [0.5, 0.6) is 5.75 Å². The van der Waals surface area contributed by atoms with Crippen LogP contribution in [0.25, 0.3) is 0 Å². The molecule has 3 rings (SSSR count). The standard InChI is InChI=1S/C32H44O4/c1-5-6-7-11-20-32(2,3)26-16-18-28(30(21-26)36-23-24-12-9-8-10-13-24)29-22-27(33)17-14-25(29)15-19-31(34)35-4/h8-10,12-13,15-16,18-19,21,25,27,29,33H,5-7,11,14,17,20,22-23H2,1-4H3/t25-,27+,29+/m0/s1. The molecule has 0 aromatic heterocycles. The number of esters is 1. The summed E-state index contributed by atoms with van der Waals surface area (Å²) >= 11 is 0. The van der Waals surface area contributed by atoms with E-state index in [1.807, 2.05) is 24.3 Å². The van der Waals surface area contributed by atoms with Crippen molar-refractivity contribution in [2.24, 2.45) is 5.92 Å². The topological polar surface area (TPSA) is 55.8 Å². The number of rotatable bonds is 12. The van der Waals surface area contributed by atoms with Crippen molar-refractivity contribution in [1.82, 2.24) is 0 Å². The van der Waals surface area contributed by atoms with E-state index < -0.39 is 0 Å². The summed E-state index contributed by atoms with van der Waals surface area (Å²) in [5, 5.41) is 10.5. The number of carbonyl (C=O) groups is 1. The Hall–Kier alpha value is -2.59. The van der Waals surface area contributed by atoms with Gasteiger partial charge in [0.15, 0.2) is 0 Å². The van der Waals surface area contributed by atoms with Crippen LogP contribution in [-0.2, 0) is 21.6 Å². The number of methoxy groups -OCH3 is 1. The van der Waals surface area contributed by atoms with Crippen molar-refractivity contribution in [3.05, 3.63) is 77.4 Å². The lowest BCUT2D eigenvalue weighted by atomic mass is 9.72. The molecule has 2 aromatic carbocycles. The van der Waals surface area contributed by atoms with E-state index in [2.05, 4.69) is 51.1 Å². The van der Waals surface area contributed by atoms with Crippen molar-refractivity contribution < 1.29 is 19.4 Å². The molecule has 0 saturated heterocycles. The molecule has 196 valence electrons. The van der Waals surface area contributed by atoms with E-state index >= 15 is 0 Å². The second-order valence-corrected chi connectivity index (χ2v) is 10.8. The summed E-state index contributed by atoms with van der Waals surface area (Å²) in [5.41, 5.74) is 3.56. The maximum atomic E-state index is 11.8. The molecule has 4 nitrogen and oxygen atoms in total. The van der Waals surface area contributed by atoms with E-state index in [9.17, 15) is 9.90 Å². The lowest BCUT2D eigenvalue weighted by Gasteiger charge is -2.34. The Balaban J connectivity index is 1.92. The fraction of sp³-hybridized carbons (Fsp3) is 0.531. The van der Waals surface area contributed by atoms with Crippen LogP contribution >= 0.6 is 0 Å². The number of aliphatic hydroxyl groups excluding tert-OH is 1. The first-order valence-corrected chi connectivity index (χ1v) is 13.6. The second-order valence-electron chi connectivity index (χ2n) is 10.8. The molecule has 1 N–H and O–H groups in total. The fourth-order valence-corrected chi connectivity index (χ4v) is 5.29. The molecule has 0 heterocycles. The Morgan fingerprint density at radius 2 is 1.86 bits per heavy atom. The molecular weight excluding hydrogens is 448 g/mol. The number of benzene rings is 2. The van der Waals surface area contributed by atoms with E-state index in [0.29, 0.717) is 13.0 Å². The van der Waals surface area contributed by atoms with Crippen molar-refractivity contribution in [1.29, 1.82) is 0 Å². The quantitative estimate of drug-likeness (QED) is 0.189. The predicted molar refractivity (Wildman–Crippen MR) is 146 cm³/mol. The van der Waals surface area contributed by atoms with Crippen LogP contribution in [0.15, 0.2) is 60.7 Å². The maximum absolute atomic E-state index is 11.8. The lowest BCUT2D eigenvalue weighted by molar-refractivity contribution is -0.134. The summed E-state index contributed by atoms with van der Waals surface area (Å²) in [4.78, 5) is 11.8. The largest absolute Gasteiger partial charge is 0.489 e. The average Bonchev–Trinajstić information content (AvgIpc) is 2.89. The molecule has 0 aliphatic heterocycles. The van der Waals surface area contributed by atoms with E-state index in [1.165, 1.54) is 44.4 Å². The molecule has 1 saturated carbocycles. The molecule has 36 heavy (non-hydrogen) atoms. The molecule has 4 heteroatoms. The molecule has 0 amide bonds. The van der Waals surface area contributed by atoms with Gasteiger partial charge in [-0.3, -0.25) is 0 Å². The Morgan fingerprint density at radius 1 is 1.08 bits per heavy atom. The monoisotopic (exact) mass is 492 g/mol. The highest BCUT2D eigenvalue weighted by molar-refractivity contribution is 5.81. The van der Waals surface area contributed by atoms with Crippen LogP contribution in [0.1, 0.15) is 94.7 Å². The summed E-state index contributed by atoms with van der Waals surface area (Å²) < 4.78 is 11.3. The molecule has 1 aliphatic carbocycles. The van der Waals surface area contributed by atoms with E-state index in [4.69, 9.17) is 9.47 Å². The van der Waals surface area contributed by atoms with Crippen LogP contribution in [0.2, 0.25) is 0 Å². The van der Waals surface area contributed by atoms with Crippen LogP contribution in [0.4, 0.5) is 0 Å². The highest BCUT2D eigenvalue weighted by Crippen LogP contribution is 2.44. The van der Waals surface area contributed by atoms with Gasteiger partial charge in [0.25, 0.3) is 0 Å². The SMILES string of the molecule is CCCCCCC(C)(C)c1ccc([C@@H]2C[C@H](O)CC[C@H]2C=CC(=O)OC)c(OCc2ccccc2)c1. The third-order valence-electron chi connectivity index (χ3n) is 7.64. The van der Waals surface area contributed by atoms with Gasteiger partial charge < -0.3 is 14.6 Å². The van der Waals surface area contributed by atoms with Gasteiger partial charge in [0.2, 0.25) is 0 Å². The van der Waals surface area contributed by atoms with Crippen LogP contribution < -0.4 is 4.74 Å².